The predicted molar refractivity (Wildman–Crippen MR) is 76.3 cm³/mol. The number of nitrogens with one attached hydrogen (secondary N) is 1. The first-order chi connectivity index (χ1) is 9.29. The Labute approximate surface area is 114 Å². The van der Waals surface area contributed by atoms with E-state index in [0.717, 1.165) is 25.3 Å². The molecule has 2 rings (SSSR count). The molecule has 0 spiro atoms. The first kappa shape index (κ1) is 13.6. The van der Waals surface area contributed by atoms with Crippen molar-refractivity contribution in [3.05, 3.63) is 48.5 Å². The molecule has 0 aliphatic rings. The fraction of sp³-hybridized carbons (Fsp3) is 0.400. The average molecular weight is 259 g/mol. The zero-order valence-corrected chi connectivity index (χ0v) is 11.5. The molecule has 4 nitrogen and oxygen atoms in total. The normalized spacial score (nSPS) is 12.3. The molecule has 1 heterocycles. The Morgan fingerprint density at radius 3 is 3.05 bits per heavy atom. The van der Waals surface area contributed by atoms with Crippen molar-refractivity contribution in [1.82, 2.24) is 14.9 Å². The van der Waals surface area contributed by atoms with E-state index in [1.807, 2.05) is 30.9 Å². The van der Waals surface area contributed by atoms with Crippen LogP contribution in [-0.4, -0.2) is 23.2 Å². The molecule has 0 amide bonds. The number of hydrogen-bond donors (Lipinski definition) is 1. The van der Waals surface area contributed by atoms with Crippen LogP contribution >= 0.6 is 0 Å². The number of hydrogen-bond acceptors (Lipinski definition) is 3. The van der Waals surface area contributed by atoms with Crippen molar-refractivity contribution in [1.29, 1.82) is 0 Å². The molecule has 0 saturated carbocycles. The van der Waals surface area contributed by atoms with Crippen LogP contribution in [0.25, 0.3) is 0 Å². The summed E-state index contributed by atoms with van der Waals surface area (Å²) >= 11 is 0. The van der Waals surface area contributed by atoms with E-state index in [-0.39, 0.29) is 0 Å². The van der Waals surface area contributed by atoms with Gasteiger partial charge in [0.15, 0.2) is 0 Å². The Morgan fingerprint density at radius 1 is 1.42 bits per heavy atom. The highest BCUT2D eigenvalue weighted by Gasteiger charge is 2.05. The third kappa shape index (κ3) is 4.10. The van der Waals surface area contributed by atoms with E-state index in [4.69, 9.17) is 4.74 Å². The molecule has 0 aliphatic heterocycles. The van der Waals surface area contributed by atoms with Crippen LogP contribution in [0.5, 0.6) is 5.75 Å². The fourth-order valence-corrected chi connectivity index (χ4v) is 2.03. The average Bonchev–Trinajstić information content (AvgIpc) is 2.96. The highest BCUT2D eigenvalue weighted by molar-refractivity contribution is 5.30. The van der Waals surface area contributed by atoms with Crippen molar-refractivity contribution in [2.45, 2.75) is 25.9 Å². The molecule has 0 aliphatic carbocycles. The summed E-state index contributed by atoms with van der Waals surface area (Å²) in [5, 5.41) is 3.52. The van der Waals surface area contributed by atoms with Gasteiger partial charge in [-0.1, -0.05) is 12.1 Å². The van der Waals surface area contributed by atoms with E-state index in [1.54, 1.807) is 7.11 Å². The molecule has 102 valence electrons. The summed E-state index contributed by atoms with van der Waals surface area (Å²) < 4.78 is 7.34. The number of methoxy groups -OCH3 is 1. The molecule has 4 heteroatoms. The van der Waals surface area contributed by atoms with Crippen LogP contribution in [0.1, 0.15) is 24.9 Å². The minimum atomic E-state index is 0.331. The minimum absolute atomic E-state index is 0.331. The molecule has 1 aromatic heterocycles. The number of benzene rings is 1. The Morgan fingerprint density at radius 2 is 2.32 bits per heavy atom. The van der Waals surface area contributed by atoms with E-state index in [9.17, 15) is 0 Å². The lowest BCUT2D eigenvalue weighted by Gasteiger charge is -2.15. The van der Waals surface area contributed by atoms with Crippen molar-refractivity contribution in [3.63, 3.8) is 0 Å². The van der Waals surface area contributed by atoms with Crippen LogP contribution < -0.4 is 10.1 Å². The van der Waals surface area contributed by atoms with Gasteiger partial charge in [-0.05, 0) is 37.6 Å². The van der Waals surface area contributed by atoms with Gasteiger partial charge in [0.05, 0.1) is 13.4 Å². The molecular weight excluding hydrogens is 238 g/mol. The number of aryl methyl sites for hydroxylation is 1. The van der Waals surface area contributed by atoms with Crippen LogP contribution in [0.2, 0.25) is 0 Å². The predicted octanol–water partition coefficient (Wildman–Crippen LogP) is 2.63. The van der Waals surface area contributed by atoms with E-state index in [1.165, 1.54) is 5.56 Å². The first-order valence-electron chi connectivity index (χ1n) is 6.62. The number of ether oxygens (including phenoxy) is 1. The summed E-state index contributed by atoms with van der Waals surface area (Å²) in [4.78, 5) is 4.03. The monoisotopic (exact) mass is 259 g/mol. The van der Waals surface area contributed by atoms with E-state index in [0.29, 0.717) is 6.04 Å². The van der Waals surface area contributed by atoms with Gasteiger partial charge in [-0.3, -0.25) is 0 Å². The lowest BCUT2D eigenvalue weighted by atomic mass is 10.1. The van der Waals surface area contributed by atoms with Gasteiger partial charge < -0.3 is 14.6 Å². The standard InChI is InChI=1S/C15H21N3O/c1-13(14-5-3-6-15(11-14)19-2)17-7-4-9-18-10-8-16-12-18/h3,5-6,8,10-13,17H,4,7,9H2,1-2H3/t13-/m1/s1. The minimum Gasteiger partial charge on any atom is -0.497 e. The molecule has 0 fully saturated rings. The molecule has 0 radical (unpaired) electrons. The SMILES string of the molecule is COc1cccc([C@@H](C)NCCCn2ccnc2)c1. The molecule has 1 atom stereocenters. The summed E-state index contributed by atoms with van der Waals surface area (Å²) in [5.41, 5.74) is 1.25. The van der Waals surface area contributed by atoms with E-state index in [2.05, 4.69) is 33.9 Å². The first-order valence-corrected chi connectivity index (χ1v) is 6.62. The highest BCUT2D eigenvalue weighted by atomic mass is 16.5. The fourth-order valence-electron chi connectivity index (χ4n) is 2.03. The van der Waals surface area contributed by atoms with Gasteiger partial charge in [-0.25, -0.2) is 4.98 Å². The Hall–Kier alpha value is -1.81. The second-order valence-electron chi connectivity index (χ2n) is 4.61. The Kier molecular flexibility index (Phi) is 4.98. The molecule has 0 unspecified atom stereocenters. The van der Waals surface area contributed by atoms with Crippen LogP contribution in [0.3, 0.4) is 0 Å². The Balaban J connectivity index is 1.75. The maximum absolute atomic E-state index is 5.24. The van der Waals surface area contributed by atoms with Gasteiger partial charge in [-0.2, -0.15) is 0 Å². The van der Waals surface area contributed by atoms with E-state index < -0.39 is 0 Å². The van der Waals surface area contributed by atoms with Crippen molar-refractivity contribution in [3.8, 4) is 5.75 Å². The highest BCUT2D eigenvalue weighted by Crippen LogP contribution is 2.18. The molecule has 0 saturated heterocycles. The number of imidazole rings is 1. The van der Waals surface area contributed by atoms with Gasteiger partial charge in [0.1, 0.15) is 5.75 Å². The summed E-state index contributed by atoms with van der Waals surface area (Å²) in [5.74, 6) is 0.907. The second kappa shape index (κ2) is 6.95. The van der Waals surface area contributed by atoms with Gasteiger partial charge >= 0.3 is 0 Å². The lowest BCUT2D eigenvalue weighted by molar-refractivity contribution is 0.413. The summed E-state index contributed by atoms with van der Waals surface area (Å²) in [7, 11) is 1.70. The molecule has 0 bridgehead atoms. The molecule has 19 heavy (non-hydrogen) atoms. The van der Waals surface area contributed by atoms with Crippen LogP contribution in [0.4, 0.5) is 0 Å². The number of rotatable bonds is 7. The summed E-state index contributed by atoms with van der Waals surface area (Å²) in [6, 6.07) is 8.52. The topological polar surface area (TPSA) is 39.1 Å². The largest absolute Gasteiger partial charge is 0.497 e. The van der Waals surface area contributed by atoms with Crippen molar-refractivity contribution < 1.29 is 4.74 Å². The third-order valence-corrected chi connectivity index (χ3v) is 3.20. The molecular formula is C15H21N3O. The molecule has 2 aromatic rings. The van der Waals surface area contributed by atoms with Crippen LogP contribution in [0.15, 0.2) is 43.0 Å². The number of nitrogens with zero attached hydrogens (tertiary/aromatic N) is 2. The van der Waals surface area contributed by atoms with Crippen molar-refractivity contribution >= 4 is 0 Å². The number of aromatic nitrogens is 2. The summed E-state index contributed by atoms with van der Waals surface area (Å²) in [6.07, 6.45) is 6.74. The van der Waals surface area contributed by atoms with Crippen LogP contribution in [-0.2, 0) is 6.54 Å². The third-order valence-electron chi connectivity index (χ3n) is 3.20. The zero-order valence-electron chi connectivity index (χ0n) is 11.5. The molecule has 1 aromatic carbocycles. The van der Waals surface area contributed by atoms with Crippen molar-refractivity contribution in [2.75, 3.05) is 13.7 Å². The van der Waals surface area contributed by atoms with E-state index >= 15 is 0 Å². The van der Waals surface area contributed by atoms with Crippen LogP contribution in [0, 0.1) is 0 Å². The van der Waals surface area contributed by atoms with Crippen molar-refractivity contribution in [2.24, 2.45) is 0 Å². The smallest absolute Gasteiger partial charge is 0.119 e. The Bertz CT molecular complexity index is 482. The van der Waals surface area contributed by atoms with Gasteiger partial charge in [0.25, 0.3) is 0 Å². The zero-order chi connectivity index (χ0) is 13.5. The summed E-state index contributed by atoms with van der Waals surface area (Å²) in [6.45, 7) is 4.15. The maximum atomic E-state index is 5.24. The van der Waals surface area contributed by atoms with Gasteiger partial charge in [0.2, 0.25) is 0 Å². The maximum Gasteiger partial charge on any atom is 0.119 e. The lowest BCUT2D eigenvalue weighted by Crippen LogP contribution is -2.20. The van der Waals surface area contributed by atoms with Gasteiger partial charge in [0, 0.05) is 25.0 Å². The quantitative estimate of drug-likeness (QED) is 0.777. The second-order valence-corrected chi connectivity index (χ2v) is 4.61. The molecule has 1 N–H and O–H groups in total. The van der Waals surface area contributed by atoms with Gasteiger partial charge in [-0.15, -0.1) is 0 Å².